The first kappa shape index (κ1) is 17.9. The number of anilines is 2. The van der Waals surface area contributed by atoms with Gasteiger partial charge in [-0.2, -0.15) is 0 Å². The third-order valence-electron chi connectivity index (χ3n) is 4.20. The van der Waals surface area contributed by atoms with Crippen LogP contribution in [0.5, 0.6) is 0 Å². The molecule has 8 heteroatoms. The molecule has 1 aliphatic heterocycles. The highest BCUT2D eigenvalue weighted by Crippen LogP contribution is 2.18. The summed E-state index contributed by atoms with van der Waals surface area (Å²) in [5, 5.41) is 11.0. The van der Waals surface area contributed by atoms with Crippen LogP contribution in [0.25, 0.3) is 0 Å². The summed E-state index contributed by atoms with van der Waals surface area (Å²) in [6, 6.07) is 6.95. The van der Waals surface area contributed by atoms with E-state index in [4.69, 9.17) is 4.42 Å². The highest BCUT2D eigenvalue weighted by molar-refractivity contribution is 5.93. The summed E-state index contributed by atoms with van der Waals surface area (Å²) < 4.78 is 5.17. The molecule has 1 saturated heterocycles. The van der Waals surface area contributed by atoms with Crippen molar-refractivity contribution in [1.29, 1.82) is 0 Å². The van der Waals surface area contributed by atoms with Crippen molar-refractivity contribution in [1.82, 2.24) is 15.1 Å². The van der Waals surface area contributed by atoms with Gasteiger partial charge in [0.15, 0.2) is 17.4 Å². The van der Waals surface area contributed by atoms with Crippen molar-refractivity contribution in [3.05, 3.63) is 36.3 Å². The number of amides is 2. The van der Waals surface area contributed by atoms with Crippen molar-refractivity contribution in [3.8, 4) is 0 Å². The molecule has 0 aromatic carbocycles. The monoisotopic (exact) mass is 357 g/mol. The lowest BCUT2D eigenvalue weighted by Gasteiger charge is -2.34. The lowest BCUT2D eigenvalue weighted by molar-refractivity contribution is -0.123. The molecule has 138 valence electrons. The van der Waals surface area contributed by atoms with Gasteiger partial charge in [0.1, 0.15) is 0 Å². The molecule has 3 heterocycles. The second kappa shape index (κ2) is 7.15. The van der Waals surface area contributed by atoms with Crippen molar-refractivity contribution >= 4 is 23.5 Å². The van der Waals surface area contributed by atoms with E-state index in [1.54, 1.807) is 23.1 Å². The van der Waals surface area contributed by atoms with E-state index in [9.17, 15) is 9.59 Å². The van der Waals surface area contributed by atoms with Crippen LogP contribution in [0.15, 0.2) is 34.9 Å². The van der Waals surface area contributed by atoms with Crippen LogP contribution in [0.1, 0.15) is 31.3 Å². The van der Waals surface area contributed by atoms with Crippen molar-refractivity contribution in [3.63, 3.8) is 0 Å². The van der Waals surface area contributed by atoms with Gasteiger partial charge in [0.25, 0.3) is 5.91 Å². The van der Waals surface area contributed by atoms with E-state index < -0.39 is 5.41 Å². The van der Waals surface area contributed by atoms with Gasteiger partial charge in [0, 0.05) is 31.6 Å². The Hall–Kier alpha value is -2.90. The smallest absolute Gasteiger partial charge is 0.289 e. The molecule has 0 aliphatic carbocycles. The van der Waals surface area contributed by atoms with Gasteiger partial charge in [-0.25, -0.2) is 0 Å². The molecule has 0 unspecified atom stereocenters. The summed E-state index contributed by atoms with van der Waals surface area (Å²) in [4.78, 5) is 28.1. The van der Waals surface area contributed by atoms with E-state index in [2.05, 4.69) is 20.4 Å². The number of hydrogen-bond donors (Lipinski definition) is 1. The summed E-state index contributed by atoms with van der Waals surface area (Å²) in [6.07, 6.45) is 1.50. The molecular weight excluding hydrogens is 334 g/mol. The number of hydrogen-bond acceptors (Lipinski definition) is 6. The van der Waals surface area contributed by atoms with E-state index in [0.29, 0.717) is 37.8 Å². The Morgan fingerprint density at radius 1 is 1.08 bits per heavy atom. The molecule has 26 heavy (non-hydrogen) atoms. The largest absolute Gasteiger partial charge is 0.459 e. The molecule has 0 saturated carbocycles. The van der Waals surface area contributed by atoms with E-state index >= 15 is 0 Å². The van der Waals surface area contributed by atoms with E-state index in [1.165, 1.54) is 6.26 Å². The molecule has 1 fully saturated rings. The topological polar surface area (TPSA) is 91.6 Å². The second-order valence-electron chi connectivity index (χ2n) is 7.24. The third-order valence-corrected chi connectivity index (χ3v) is 4.20. The van der Waals surface area contributed by atoms with Gasteiger partial charge in [0.05, 0.1) is 6.26 Å². The Balaban J connectivity index is 1.56. The highest BCUT2D eigenvalue weighted by atomic mass is 16.3. The number of rotatable bonds is 3. The lowest BCUT2D eigenvalue weighted by Crippen LogP contribution is -2.49. The first-order chi connectivity index (χ1) is 12.3. The zero-order chi connectivity index (χ0) is 18.7. The number of piperazine rings is 1. The van der Waals surface area contributed by atoms with Gasteiger partial charge in [-0.15, -0.1) is 10.2 Å². The van der Waals surface area contributed by atoms with Crippen LogP contribution in [-0.4, -0.2) is 53.1 Å². The Morgan fingerprint density at radius 3 is 2.35 bits per heavy atom. The molecule has 0 bridgehead atoms. The molecule has 0 radical (unpaired) electrons. The van der Waals surface area contributed by atoms with E-state index in [0.717, 1.165) is 5.82 Å². The minimum atomic E-state index is -0.489. The maximum absolute atomic E-state index is 12.3. The Bertz CT molecular complexity index is 757. The van der Waals surface area contributed by atoms with Gasteiger partial charge < -0.3 is 19.5 Å². The molecule has 1 N–H and O–H groups in total. The second-order valence-corrected chi connectivity index (χ2v) is 7.24. The molecule has 0 atom stereocenters. The minimum absolute atomic E-state index is 0.0963. The van der Waals surface area contributed by atoms with Crippen molar-refractivity contribution in [2.24, 2.45) is 5.41 Å². The van der Waals surface area contributed by atoms with Gasteiger partial charge in [0.2, 0.25) is 5.91 Å². The van der Waals surface area contributed by atoms with Crippen LogP contribution in [-0.2, 0) is 4.79 Å². The van der Waals surface area contributed by atoms with Gasteiger partial charge in [-0.1, -0.05) is 20.8 Å². The number of nitrogens with zero attached hydrogens (tertiary/aromatic N) is 4. The number of nitrogens with one attached hydrogen (secondary N) is 1. The SMILES string of the molecule is CC(C)(C)C(=O)Nc1ccc(N2CCN(C(=O)c3ccco3)CC2)nn1. The van der Waals surface area contributed by atoms with E-state index in [1.807, 2.05) is 26.8 Å². The fourth-order valence-electron chi connectivity index (χ4n) is 2.56. The highest BCUT2D eigenvalue weighted by Gasteiger charge is 2.25. The quantitative estimate of drug-likeness (QED) is 0.903. The first-order valence-corrected chi connectivity index (χ1v) is 8.57. The number of aromatic nitrogens is 2. The molecular formula is C18H23N5O3. The first-order valence-electron chi connectivity index (χ1n) is 8.57. The van der Waals surface area contributed by atoms with Crippen molar-refractivity contribution < 1.29 is 14.0 Å². The maximum Gasteiger partial charge on any atom is 0.289 e. The van der Waals surface area contributed by atoms with E-state index in [-0.39, 0.29) is 11.8 Å². The third kappa shape index (κ3) is 4.01. The molecule has 3 rings (SSSR count). The Kier molecular flexibility index (Phi) is 4.92. The predicted molar refractivity (Wildman–Crippen MR) is 96.9 cm³/mol. The molecule has 8 nitrogen and oxygen atoms in total. The standard InChI is InChI=1S/C18H23N5O3/c1-18(2,3)17(25)19-14-6-7-15(21-20-14)22-8-10-23(11-9-22)16(24)13-5-4-12-26-13/h4-7,12H,8-11H2,1-3H3,(H,19,20,25). The molecule has 2 aromatic heterocycles. The molecule has 0 spiro atoms. The van der Waals surface area contributed by atoms with Crippen LogP contribution in [0, 0.1) is 5.41 Å². The molecule has 1 aliphatic rings. The minimum Gasteiger partial charge on any atom is -0.459 e. The summed E-state index contributed by atoms with van der Waals surface area (Å²) in [5.74, 6) is 1.31. The van der Waals surface area contributed by atoms with Crippen LogP contribution >= 0.6 is 0 Å². The molecule has 2 aromatic rings. The van der Waals surface area contributed by atoms with Crippen molar-refractivity contribution in [2.45, 2.75) is 20.8 Å². The maximum atomic E-state index is 12.3. The number of carbonyl (C=O) groups is 2. The van der Waals surface area contributed by atoms with Crippen LogP contribution in [0.2, 0.25) is 0 Å². The van der Waals surface area contributed by atoms with Gasteiger partial charge >= 0.3 is 0 Å². The zero-order valence-electron chi connectivity index (χ0n) is 15.2. The van der Waals surface area contributed by atoms with Crippen LogP contribution < -0.4 is 10.2 Å². The fraction of sp³-hybridized carbons (Fsp3) is 0.444. The normalized spacial score (nSPS) is 15.0. The van der Waals surface area contributed by atoms with Crippen LogP contribution in [0.4, 0.5) is 11.6 Å². The Morgan fingerprint density at radius 2 is 1.81 bits per heavy atom. The number of furan rings is 1. The summed E-state index contributed by atoms with van der Waals surface area (Å²) in [7, 11) is 0. The van der Waals surface area contributed by atoms with Gasteiger partial charge in [-0.05, 0) is 24.3 Å². The van der Waals surface area contributed by atoms with Crippen LogP contribution in [0.3, 0.4) is 0 Å². The predicted octanol–water partition coefficient (Wildman–Crippen LogP) is 2.02. The molecule has 2 amide bonds. The zero-order valence-corrected chi connectivity index (χ0v) is 15.2. The lowest BCUT2D eigenvalue weighted by atomic mass is 9.96. The Labute approximate surface area is 152 Å². The average molecular weight is 357 g/mol. The van der Waals surface area contributed by atoms with Gasteiger partial charge in [-0.3, -0.25) is 9.59 Å². The van der Waals surface area contributed by atoms with Crippen molar-refractivity contribution in [2.75, 3.05) is 36.4 Å². The summed E-state index contributed by atoms with van der Waals surface area (Å²) >= 11 is 0. The average Bonchev–Trinajstić information content (AvgIpc) is 3.16. The number of carbonyl (C=O) groups excluding carboxylic acids is 2. The fourth-order valence-corrected chi connectivity index (χ4v) is 2.56. The summed E-state index contributed by atoms with van der Waals surface area (Å²) in [5.41, 5.74) is -0.489. The summed E-state index contributed by atoms with van der Waals surface area (Å²) in [6.45, 7) is 8.02.